The van der Waals surface area contributed by atoms with Crippen LogP contribution in [-0.4, -0.2) is 47.6 Å². The molecule has 0 radical (unpaired) electrons. The average Bonchev–Trinajstić information content (AvgIpc) is 2.13. The number of carboxylic acid groups (broad SMARTS) is 1. The summed E-state index contributed by atoms with van der Waals surface area (Å²) >= 11 is 0. The van der Waals surface area contributed by atoms with E-state index < -0.39 is 12.0 Å². The van der Waals surface area contributed by atoms with Crippen LogP contribution in [0.1, 0.15) is 27.2 Å². The largest absolute Gasteiger partial charge is 0.480 e. The number of carbonyl (C=O) groups is 2. The second kappa shape index (κ2) is 6.40. The van der Waals surface area contributed by atoms with Gasteiger partial charge >= 0.3 is 5.97 Å². The molecule has 0 heterocycles. The zero-order valence-corrected chi connectivity index (χ0v) is 9.78. The first-order valence-corrected chi connectivity index (χ1v) is 5.07. The summed E-state index contributed by atoms with van der Waals surface area (Å²) in [4.78, 5) is 23.8. The smallest absolute Gasteiger partial charge is 0.325 e. The monoisotopic (exact) mass is 216 g/mol. The number of carboxylic acids is 1. The minimum atomic E-state index is -1.01. The zero-order valence-electron chi connectivity index (χ0n) is 9.78. The molecule has 0 aliphatic heterocycles. The van der Waals surface area contributed by atoms with Gasteiger partial charge in [0.1, 0.15) is 6.04 Å². The van der Waals surface area contributed by atoms with Crippen LogP contribution >= 0.6 is 0 Å². The van der Waals surface area contributed by atoms with Crippen molar-refractivity contribution in [2.45, 2.75) is 39.3 Å². The summed E-state index contributed by atoms with van der Waals surface area (Å²) < 4.78 is 0. The Hall–Kier alpha value is -1.10. The van der Waals surface area contributed by atoms with Gasteiger partial charge in [0.25, 0.3) is 0 Å². The molecule has 5 heteroatoms. The van der Waals surface area contributed by atoms with E-state index in [1.165, 1.54) is 6.92 Å². The molecule has 0 fully saturated rings. The topological polar surface area (TPSA) is 69.6 Å². The van der Waals surface area contributed by atoms with Crippen molar-refractivity contribution in [1.82, 2.24) is 10.2 Å². The molecule has 0 aromatic heterocycles. The van der Waals surface area contributed by atoms with Gasteiger partial charge in [-0.05, 0) is 27.8 Å². The Labute approximate surface area is 90.5 Å². The fourth-order valence-electron chi connectivity index (χ4n) is 0.911. The number of hydrogen-bond donors (Lipinski definition) is 2. The lowest BCUT2D eigenvalue weighted by Gasteiger charge is -2.20. The number of nitrogens with one attached hydrogen (secondary N) is 1. The first-order valence-electron chi connectivity index (χ1n) is 5.07. The van der Waals surface area contributed by atoms with E-state index in [1.807, 2.05) is 25.8 Å². The summed E-state index contributed by atoms with van der Waals surface area (Å²) in [6, 6.07) is -0.434. The van der Waals surface area contributed by atoms with Crippen molar-refractivity contribution in [2.75, 3.05) is 13.6 Å². The van der Waals surface area contributed by atoms with E-state index in [-0.39, 0.29) is 5.91 Å². The van der Waals surface area contributed by atoms with Crippen LogP contribution < -0.4 is 5.32 Å². The highest BCUT2D eigenvalue weighted by atomic mass is 16.4. The summed E-state index contributed by atoms with van der Waals surface area (Å²) in [6.07, 6.45) is 0.326. The van der Waals surface area contributed by atoms with Crippen molar-refractivity contribution in [3.05, 3.63) is 0 Å². The molecule has 2 N–H and O–H groups in total. The highest BCUT2D eigenvalue weighted by Crippen LogP contribution is 1.95. The number of hydrogen-bond acceptors (Lipinski definition) is 3. The number of amides is 1. The van der Waals surface area contributed by atoms with Gasteiger partial charge in [-0.25, -0.2) is 0 Å². The normalized spacial score (nSPS) is 12.9. The number of nitrogens with zero attached hydrogens (tertiary/aromatic N) is 1. The Morgan fingerprint density at radius 2 is 1.87 bits per heavy atom. The van der Waals surface area contributed by atoms with Crippen molar-refractivity contribution < 1.29 is 14.7 Å². The molecule has 0 aliphatic carbocycles. The molecular formula is C10H20N2O3. The molecule has 0 bridgehead atoms. The SMILES string of the molecule is CC(C)N(C)CCC(=O)N[C@H](C)C(=O)O. The van der Waals surface area contributed by atoms with E-state index in [9.17, 15) is 9.59 Å². The van der Waals surface area contributed by atoms with Crippen LogP contribution in [0.3, 0.4) is 0 Å². The van der Waals surface area contributed by atoms with Crippen LogP contribution in [0.4, 0.5) is 0 Å². The van der Waals surface area contributed by atoms with Gasteiger partial charge in [-0.15, -0.1) is 0 Å². The molecule has 1 atom stereocenters. The summed E-state index contributed by atoms with van der Waals surface area (Å²) in [5, 5.41) is 11.0. The molecule has 0 aromatic rings. The number of carbonyl (C=O) groups excluding carboxylic acids is 1. The Kier molecular flexibility index (Phi) is 5.93. The fourth-order valence-corrected chi connectivity index (χ4v) is 0.911. The first-order chi connectivity index (χ1) is 6.84. The molecule has 15 heavy (non-hydrogen) atoms. The standard InChI is InChI=1S/C10H20N2O3/c1-7(2)12(4)6-5-9(13)11-8(3)10(14)15/h7-8H,5-6H2,1-4H3,(H,11,13)(H,14,15)/t8-/m1/s1. The highest BCUT2D eigenvalue weighted by Gasteiger charge is 2.14. The quantitative estimate of drug-likeness (QED) is 0.670. The van der Waals surface area contributed by atoms with E-state index in [0.29, 0.717) is 19.0 Å². The van der Waals surface area contributed by atoms with Gasteiger partial charge in [0.05, 0.1) is 0 Å². The lowest BCUT2D eigenvalue weighted by molar-refractivity contribution is -0.141. The maximum Gasteiger partial charge on any atom is 0.325 e. The summed E-state index contributed by atoms with van der Waals surface area (Å²) in [7, 11) is 1.93. The minimum Gasteiger partial charge on any atom is -0.480 e. The van der Waals surface area contributed by atoms with Crippen molar-refractivity contribution in [3.8, 4) is 0 Å². The predicted molar refractivity (Wildman–Crippen MR) is 57.6 cm³/mol. The maximum absolute atomic E-state index is 11.3. The van der Waals surface area contributed by atoms with Gasteiger partial charge in [-0.1, -0.05) is 0 Å². The Morgan fingerprint density at radius 3 is 2.27 bits per heavy atom. The lowest BCUT2D eigenvalue weighted by Crippen LogP contribution is -2.40. The van der Waals surface area contributed by atoms with Gasteiger partial charge < -0.3 is 15.3 Å². The summed E-state index contributed by atoms with van der Waals surface area (Å²) in [6.45, 7) is 6.16. The number of rotatable bonds is 6. The third-order valence-electron chi connectivity index (χ3n) is 2.32. The van der Waals surface area contributed by atoms with Crippen molar-refractivity contribution in [3.63, 3.8) is 0 Å². The second-order valence-electron chi connectivity index (χ2n) is 3.95. The van der Waals surface area contributed by atoms with E-state index in [1.54, 1.807) is 0 Å². The second-order valence-corrected chi connectivity index (χ2v) is 3.95. The molecule has 5 nitrogen and oxygen atoms in total. The van der Waals surface area contributed by atoms with Gasteiger partial charge in [0, 0.05) is 19.0 Å². The van der Waals surface area contributed by atoms with E-state index in [0.717, 1.165) is 0 Å². The first kappa shape index (κ1) is 13.9. The van der Waals surface area contributed by atoms with Gasteiger partial charge in [-0.2, -0.15) is 0 Å². The molecule has 0 saturated carbocycles. The molecule has 0 aliphatic rings. The van der Waals surface area contributed by atoms with E-state index in [2.05, 4.69) is 5.32 Å². The summed E-state index contributed by atoms with van der Waals surface area (Å²) in [5.41, 5.74) is 0. The molecular weight excluding hydrogens is 196 g/mol. The predicted octanol–water partition coefficient (Wildman–Crippen LogP) is 0.306. The Bertz CT molecular complexity index is 229. The molecule has 0 rings (SSSR count). The zero-order chi connectivity index (χ0) is 12.0. The van der Waals surface area contributed by atoms with E-state index >= 15 is 0 Å². The van der Waals surface area contributed by atoms with Crippen molar-refractivity contribution in [1.29, 1.82) is 0 Å². The van der Waals surface area contributed by atoms with Crippen LogP contribution in [0, 0.1) is 0 Å². The van der Waals surface area contributed by atoms with Crippen LogP contribution in [0.25, 0.3) is 0 Å². The molecule has 88 valence electrons. The van der Waals surface area contributed by atoms with E-state index in [4.69, 9.17) is 5.11 Å². The van der Waals surface area contributed by atoms with Crippen molar-refractivity contribution in [2.24, 2.45) is 0 Å². The third-order valence-corrected chi connectivity index (χ3v) is 2.32. The van der Waals surface area contributed by atoms with Crippen LogP contribution in [0.5, 0.6) is 0 Å². The van der Waals surface area contributed by atoms with Crippen LogP contribution in [-0.2, 0) is 9.59 Å². The number of aliphatic carboxylic acids is 1. The highest BCUT2D eigenvalue weighted by molar-refractivity contribution is 5.83. The minimum absolute atomic E-state index is 0.225. The Balaban J connectivity index is 3.80. The molecule has 0 saturated heterocycles. The van der Waals surface area contributed by atoms with Crippen molar-refractivity contribution >= 4 is 11.9 Å². The van der Waals surface area contributed by atoms with Gasteiger partial charge in [0.15, 0.2) is 0 Å². The molecule has 0 unspecified atom stereocenters. The van der Waals surface area contributed by atoms with Crippen LogP contribution in [0.2, 0.25) is 0 Å². The van der Waals surface area contributed by atoms with Crippen LogP contribution in [0.15, 0.2) is 0 Å². The lowest BCUT2D eigenvalue weighted by atomic mass is 10.3. The molecule has 0 aromatic carbocycles. The summed E-state index contributed by atoms with van der Waals surface area (Å²) in [5.74, 6) is -1.24. The maximum atomic E-state index is 11.3. The molecule has 0 spiro atoms. The Morgan fingerprint density at radius 1 is 1.33 bits per heavy atom. The third kappa shape index (κ3) is 6.06. The fraction of sp³-hybridized carbons (Fsp3) is 0.800. The van der Waals surface area contributed by atoms with Gasteiger partial charge in [-0.3, -0.25) is 9.59 Å². The molecule has 1 amide bonds. The van der Waals surface area contributed by atoms with Gasteiger partial charge in [0.2, 0.25) is 5.91 Å². The average molecular weight is 216 g/mol.